The van der Waals surface area contributed by atoms with Gasteiger partial charge in [0.15, 0.2) is 0 Å². The molecule has 0 spiro atoms. The molecule has 0 atom stereocenters. The number of aliphatic imine (C=N–C) groups is 2. The van der Waals surface area contributed by atoms with Gasteiger partial charge in [0.1, 0.15) is 23.0 Å². The molecule has 0 aromatic heterocycles. The number of hydrogen-bond donors (Lipinski definition) is 0. The van der Waals surface area contributed by atoms with E-state index in [4.69, 9.17) is 18.9 Å². The first-order chi connectivity index (χ1) is 30.5. The molecule has 0 amide bonds. The summed E-state index contributed by atoms with van der Waals surface area (Å²) in [7, 11) is 0. The van der Waals surface area contributed by atoms with Crippen molar-refractivity contribution in [2.75, 3.05) is 13.2 Å². The Hall–Kier alpha value is -6.02. The van der Waals surface area contributed by atoms with Crippen molar-refractivity contribution in [1.29, 1.82) is 0 Å². The summed E-state index contributed by atoms with van der Waals surface area (Å²) < 4.78 is 22.9. The number of esters is 2. The van der Waals surface area contributed by atoms with Crippen molar-refractivity contribution < 1.29 is 28.5 Å². The van der Waals surface area contributed by atoms with E-state index in [2.05, 4.69) is 23.8 Å². The van der Waals surface area contributed by atoms with Gasteiger partial charge in [0, 0.05) is 12.4 Å². The van der Waals surface area contributed by atoms with E-state index in [0.717, 1.165) is 46.8 Å². The van der Waals surface area contributed by atoms with Crippen LogP contribution >= 0.6 is 0 Å². The zero-order valence-corrected chi connectivity index (χ0v) is 36.8. The number of ether oxygens (including phenoxy) is 4. The van der Waals surface area contributed by atoms with Gasteiger partial charge in [0.05, 0.1) is 35.7 Å². The maximum Gasteiger partial charge on any atom is 0.343 e. The molecule has 0 aliphatic heterocycles. The Bertz CT molecular complexity index is 1940. The third-order valence-electron chi connectivity index (χ3n) is 10.4. The number of hydrogen-bond acceptors (Lipinski definition) is 8. The molecule has 5 aromatic rings. The van der Waals surface area contributed by atoms with E-state index in [1.165, 1.54) is 89.9 Å². The van der Waals surface area contributed by atoms with E-state index < -0.39 is 11.9 Å². The highest BCUT2D eigenvalue weighted by Gasteiger charge is 2.11. The second kappa shape index (κ2) is 27.8. The highest BCUT2D eigenvalue weighted by Crippen LogP contribution is 2.23. The van der Waals surface area contributed by atoms with Crippen molar-refractivity contribution >= 4 is 35.7 Å². The quantitative estimate of drug-likeness (QED) is 0.0215. The zero-order chi connectivity index (χ0) is 43.5. The van der Waals surface area contributed by atoms with Crippen LogP contribution in [0.1, 0.15) is 148 Å². The van der Waals surface area contributed by atoms with Gasteiger partial charge < -0.3 is 18.9 Å². The molecular weight excluding hydrogens is 773 g/mol. The van der Waals surface area contributed by atoms with Gasteiger partial charge in [-0.05, 0) is 139 Å². The molecule has 0 aliphatic rings. The van der Waals surface area contributed by atoms with Crippen LogP contribution in [-0.4, -0.2) is 37.6 Å². The topological polar surface area (TPSA) is 95.8 Å². The molecule has 8 nitrogen and oxygen atoms in total. The second-order valence-corrected chi connectivity index (χ2v) is 15.6. The molecule has 0 unspecified atom stereocenters. The van der Waals surface area contributed by atoms with Crippen molar-refractivity contribution in [2.24, 2.45) is 9.98 Å². The summed E-state index contributed by atoms with van der Waals surface area (Å²) in [5, 5.41) is 0. The Morgan fingerprint density at radius 3 is 1.13 bits per heavy atom. The van der Waals surface area contributed by atoms with Crippen molar-refractivity contribution in [3.8, 4) is 23.0 Å². The number of unbranched alkanes of at least 4 members (excludes halogenated alkanes) is 14. The lowest BCUT2D eigenvalue weighted by Crippen LogP contribution is -2.08. The standard InChI is InChI=1S/C54H64N2O6/c1-3-5-7-9-11-13-15-17-38-59-49-34-26-45(27-35-49)53(57)61-51-30-22-43(23-31-51)41-55-47-20-19-21-48(40-47)56-42-44-24-32-52(33-25-44)62-54(58)46-28-36-50(37-29-46)60-39-18-16-14-12-10-8-6-4-2/h19-37,40-42H,3-18,38-39H2,1-2H3. The molecule has 0 heterocycles. The Balaban J connectivity index is 0.999. The fraction of sp³-hybridized carbons (Fsp3) is 0.370. The zero-order valence-electron chi connectivity index (χ0n) is 36.8. The molecule has 62 heavy (non-hydrogen) atoms. The van der Waals surface area contributed by atoms with E-state index in [-0.39, 0.29) is 0 Å². The molecule has 0 saturated heterocycles. The van der Waals surface area contributed by atoms with Crippen molar-refractivity contribution in [2.45, 2.75) is 117 Å². The molecular formula is C54H64N2O6. The van der Waals surface area contributed by atoms with Gasteiger partial charge in [-0.3, -0.25) is 9.98 Å². The predicted molar refractivity (Wildman–Crippen MR) is 253 cm³/mol. The van der Waals surface area contributed by atoms with E-state index >= 15 is 0 Å². The summed E-state index contributed by atoms with van der Waals surface area (Å²) in [5.41, 5.74) is 4.11. The van der Waals surface area contributed by atoms with Crippen molar-refractivity contribution in [3.05, 3.63) is 144 Å². The van der Waals surface area contributed by atoms with Gasteiger partial charge in [0.2, 0.25) is 0 Å². The Morgan fingerprint density at radius 1 is 0.419 bits per heavy atom. The Labute approximate surface area is 369 Å². The fourth-order valence-electron chi connectivity index (χ4n) is 6.75. The third-order valence-corrected chi connectivity index (χ3v) is 10.4. The van der Waals surface area contributed by atoms with Gasteiger partial charge in [0.25, 0.3) is 0 Å². The molecule has 0 saturated carbocycles. The molecule has 0 bridgehead atoms. The van der Waals surface area contributed by atoms with Crippen molar-refractivity contribution in [1.82, 2.24) is 0 Å². The van der Waals surface area contributed by atoms with Gasteiger partial charge >= 0.3 is 11.9 Å². The third kappa shape index (κ3) is 17.9. The molecule has 0 N–H and O–H groups in total. The minimum atomic E-state index is -0.426. The summed E-state index contributed by atoms with van der Waals surface area (Å²) in [6.07, 6.45) is 23.6. The van der Waals surface area contributed by atoms with Crippen LogP contribution in [0.25, 0.3) is 0 Å². The van der Waals surface area contributed by atoms with Crippen LogP contribution in [0.5, 0.6) is 23.0 Å². The number of carbonyl (C=O) groups is 2. The second-order valence-electron chi connectivity index (χ2n) is 15.6. The number of rotatable bonds is 28. The molecule has 5 aromatic carbocycles. The number of carbonyl (C=O) groups excluding carboxylic acids is 2. The lowest BCUT2D eigenvalue weighted by atomic mass is 10.1. The monoisotopic (exact) mass is 836 g/mol. The van der Waals surface area contributed by atoms with E-state index in [9.17, 15) is 9.59 Å². The van der Waals surface area contributed by atoms with Crippen LogP contribution in [0.3, 0.4) is 0 Å². The van der Waals surface area contributed by atoms with Crippen LogP contribution in [0.4, 0.5) is 11.4 Å². The van der Waals surface area contributed by atoms with Gasteiger partial charge in [-0.1, -0.05) is 110 Å². The summed E-state index contributed by atoms with van der Waals surface area (Å²) in [6, 6.07) is 36.2. The van der Waals surface area contributed by atoms with E-state index in [1.807, 2.05) is 72.8 Å². The summed E-state index contributed by atoms with van der Waals surface area (Å²) in [6.45, 7) is 5.84. The van der Waals surface area contributed by atoms with Crippen LogP contribution in [0.15, 0.2) is 131 Å². The molecule has 5 rings (SSSR count). The summed E-state index contributed by atoms with van der Waals surface area (Å²) >= 11 is 0. The Morgan fingerprint density at radius 2 is 0.758 bits per heavy atom. The SMILES string of the molecule is CCCCCCCCCCOc1ccc(C(=O)Oc2ccc(C=Nc3cccc(N=Cc4ccc(OC(=O)c5ccc(OCCCCCCCCCC)cc5)cc4)c3)cc2)cc1. The van der Waals surface area contributed by atoms with Crippen LogP contribution in [-0.2, 0) is 0 Å². The molecule has 0 fully saturated rings. The highest BCUT2D eigenvalue weighted by molar-refractivity contribution is 5.92. The van der Waals surface area contributed by atoms with E-state index in [0.29, 0.717) is 35.8 Å². The number of benzene rings is 5. The fourth-order valence-corrected chi connectivity index (χ4v) is 6.75. The lowest BCUT2D eigenvalue weighted by Gasteiger charge is -2.08. The van der Waals surface area contributed by atoms with Crippen LogP contribution < -0.4 is 18.9 Å². The molecule has 8 heteroatoms. The average Bonchev–Trinajstić information content (AvgIpc) is 3.30. The smallest absolute Gasteiger partial charge is 0.343 e. The normalized spacial score (nSPS) is 11.3. The number of nitrogens with zero attached hydrogens (tertiary/aromatic N) is 2. The maximum atomic E-state index is 12.8. The summed E-state index contributed by atoms with van der Waals surface area (Å²) in [5.74, 6) is 1.55. The highest BCUT2D eigenvalue weighted by atomic mass is 16.5. The van der Waals surface area contributed by atoms with Crippen molar-refractivity contribution in [3.63, 3.8) is 0 Å². The lowest BCUT2D eigenvalue weighted by molar-refractivity contribution is 0.0725. The molecule has 326 valence electrons. The minimum Gasteiger partial charge on any atom is -0.494 e. The largest absolute Gasteiger partial charge is 0.494 e. The molecule has 0 radical (unpaired) electrons. The molecule has 0 aliphatic carbocycles. The summed E-state index contributed by atoms with van der Waals surface area (Å²) in [4.78, 5) is 34.8. The maximum absolute atomic E-state index is 12.8. The van der Waals surface area contributed by atoms with Gasteiger partial charge in [-0.25, -0.2) is 9.59 Å². The van der Waals surface area contributed by atoms with Crippen LogP contribution in [0, 0.1) is 0 Å². The minimum absolute atomic E-state index is 0.426. The first-order valence-electron chi connectivity index (χ1n) is 22.8. The average molecular weight is 837 g/mol. The van der Waals surface area contributed by atoms with Gasteiger partial charge in [-0.15, -0.1) is 0 Å². The predicted octanol–water partition coefficient (Wildman–Crippen LogP) is 14.7. The van der Waals surface area contributed by atoms with Crippen LogP contribution in [0.2, 0.25) is 0 Å². The Kier molecular flexibility index (Phi) is 21.1. The van der Waals surface area contributed by atoms with E-state index in [1.54, 1.807) is 61.0 Å². The first-order valence-corrected chi connectivity index (χ1v) is 22.8. The van der Waals surface area contributed by atoms with Gasteiger partial charge in [-0.2, -0.15) is 0 Å². The first kappa shape index (κ1) is 47.0.